The van der Waals surface area contributed by atoms with Gasteiger partial charge in [-0.05, 0) is 19.8 Å². The molecule has 4 nitrogen and oxygen atoms in total. The van der Waals surface area contributed by atoms with Gasteiger partial charge in [-0.1, -0.05) is 0 Å². The summed E-state index contributed by atoms with van der Waals surface area (Å²) in [6.45, 7) is 5.03. The molecule has 1 fully saturated rings. The maximum Gasteiger partial charge on any atom is 0.173 e. The molecule has 4 heteroatoms. The minimum Gasteiger partial charge on any atom is -0.396 e. The van der Waals surface area contributed by atoms with Crippen molar-refractivity contribution in [2.45, 2.75) is 26.1 Å². The van der Waals surface area contributed by atoms with Gasteiger partial charge < -0.3 is 19.7 Å². The minimum atomic E-state index is -0.647. The molecule has 1 aliphatic rings. The Morgan fingerprint density at radius 2 is 1.71 bits per heavy atom. The molecule has 0 unspecified atom stereocenters. The molecule has 1 aliphatic carbocycles. The second-order valence-corrected chi connectivity index (χ2v) is 3.61. The molecule has 1 rings (SSSR count). The van der Waals surface area contributed by atoms with Crippen LogP contribution >= 0.6 is 0 Å². The predicted octanol–water partition coefficient (Wildman–Crippen LogP) is 0.376. The molecule has 2 N–H and O–H groups in total. The van der Waals surface area contributed by atoms with Crippen molar-refractivity contribution in [3.05, 3.63) is 0 Å². The fourth-order valence-electron chi connectivity index (χ4n) is 2.20. The van der Waals surface area contributed by atoms with Gasteiger partial charge >= 0.3 is 0 Å². The smallest absolute Gasteiger partial charge is 0.173 e. The van der Waals surface area contributed by atoms with E-state index in [1.807, 2.05) is 13.8 Å². The van der Waals surface area contributed by atoms with Gasteiger partial charge in [0.15, 0.2) is 5.79 Å². The topological polar surface area (TPSA) is 58.9 Å². The molecule has 0 aliphatic heterocycles. The van der Waals surface area contributed by atoms with E-state index in [1.165, 1.54) is 0 Å². The van der Waals surface area contributed by atoms with Gasteiger partial charge in [0.2, 0.25) is 0 Å². The number of rotatable bonds is 6. The quantitative estimate of drug-likeness (QED) is 0.614. The summed E-state index contributed by atoms with van der Waals surface area (Å²) in [4.78, 5) is 0. The van der Waals surface area contributed by atoms with Crippen molar-refractivity contribution >= 4 is 0 Å². The Labute approximate surface area is 84.8 Å². The van der Waals surface area contributed by atoms with E-state index in [0.29, 0.717) is 19.6 Å². The van der Waals surface area contributed by atoms with Crippen LogP contribution in [0.15, 0.2) is 0 Å². The summed E-state index contributed by atoms with van der Waals surface area (Å²) in [6.07, 6.45) is 0.677. The molecule has 0 saturated heterocycles. The van der Waals surface area contributed by atoms with Crippen LogP contribution in [0.1, 0.15) is 20.3 Å². The van der Waals surface area contributed by atoms with Gasteiger partial charge in [-0.15, -0.1) is 0 Å². The molecule has 0 aromatic carbocycles. The Balaban J connectivity index is 2.60. The van der Waals surface area contributed by atoms with Gasteiger partial charge in [0, 0.05) is 32.2 Å². The van der Waals surface area contributed by atoms with Crippen molar-refractivity contribution in [2.24, 2.45) is 11.8 Å². The largest absolute Gasteiger partial charge is 0.396 e. The van der Waals surface area contributed by atoms with E-state index >= 15 is 0 Å². The lowest BCUT2D eigenvalue weighted by atomic mass is 9.68. The normalized spacial score (nSPS) is 30.0. The first kappa shape index (κ1) is 11.9. The van der Waals surface area contributed by atoms with E-state index in [9.17, 15) is 5.11 Å². The summed E-state index contributed by atoms with van der Waals surface area (Å²) in [6, 6.07) is 0. The number of aliphatic hydroxyl groups is 2. The fraction of sp³-hybridized carbons (Fsp3) is 1.00. The Kier molecular flexibility index (Phi) is 4.31. The lowest BCUT2D eigenvalue weighted by Gasteiger charge is -2.52. The number of ether oxygens (including phenoxy) is 2. The van der Waals surface area contributed by atoms with Gasteiger partial charge in [0.25, 0.3) is 0 Å². The Morgan fingerprint density at radius 3 is 2.07 bits per heavy atom. The zero-order chi connectivity index (χ0) is 10.6. The first-order chi connectivity index (χ1) is 6.74. The first-order valence-electron chi connectivity index (χ1n) is 5.23. The van der Waals surface area contributed by atoms with Crippen LogP contribution < -0.4 is 0 Å². The molecular weight excluding hydrogens is 184 g/mol. The van der Waals surface area contributed by atoms with Crippen LogP contribution in [-0.4, -0.2) is 42.4 Å². The molecule has 0 bridgehead atoms. The Hall–Kier alpha value is -0.160. The van der Waals surface area contributed by atoms with Crippen molar-refractivity contribution in [3.63, 3.8) is 0 Å². The van der Waals surface area contributed by atoms with Crippen LogP contribution in [0.5, 0.6) is 0 Å². The molecule has 0 aromatic rings. The van der Waals surface area contributed by atoms with Crippen LogP contribution in [0.2, 0.25) is 0 Å². The number of hydrogen-bond donors (Lipinski definition) is 2. The molecule has 0 heterocycles. The summed E-state index contributed by atoms with van der Waals surface area (Å²) in [5.41, 5.74) is 0. The van der Waals surface area contributed by atoms with Gasteiger partial charge in [-0.2, -0.15) is 0 Å². The second-order valence-electron chi connectivity index (χ2n) is 3.61. The zero-order valence-corrected chi connectivity index (χ0v) is 8.90. The highest BCUT2D eigenvalue weighted by Crippen LogP contribution is 2.47. The van der Waals surface area contributed by atoms with E-state index in [1.54, 1.807) is 0 Å². The lowest BCUT2D eigenvalue weighted by Crippen LogP contribution is -2.60. The van der Waals surface area contributed by atoms with Crippen LogP contribution in [0, 0.1) is 11.8 Å². The van der Waals surface area contributed by atoms with Gasteiger partial charge in [0.1, 0.15) is 0 Å². The fourth-order valence-corrected chi connectivity index (χ4v) is 2.20. The van der Waals surface area contributed by atoms with E-state index in [4.69, 9.17) is 14.6 Å². The Morgan fingerprint density at radius 1 is 1.14 bits per heavy atom. The summed E-state index contributed by atoms with van der Waals surface area (Å²) in [7, 11) is 0. The molecule has 0 aromatic heterocycles. The highest BCUT2D eigenvalue weighted by Gasteiger charge is 2.55. The molecule has 0 spiro atoms. The van der Waals surface area contributed by atoms with Crippen LogP contribution in [0.3, 0.4) is 0 Å². The molecule has 84 valence electrons. The summed E-state index contributed by atoms with van der Waals surface area (Å²) < 4.78 is 11.1. The zero-order valence-electron chi connectivity index (χ0n) is 8.90. The van der Waals surface area contributed by atoms with Crippen molar-refractivity contribution in [1.82, 2.24) is 0 Å². The van der Waals surface area contributed by atoms with E-state index in [0.717, 1.165) is 0 Å². The predicted molar refractivity (Wildman–Crippen MR) is 51.8 cm³/mol. The van der Waals surface area contributed by atoms with Crippen LogP contribution in [0.25, 0.3) is 0 Å². The average molecular weight is 204 g/mol. The monoisotopic (exact) mass is 204 g/mol. The highest BCUT2D eigenvalue weighted by atomic mass is 16.7. The number of hydrogen-bond acceptors (Lipinski definition) is 4. The highest BCUT2D eigenvalue weighted by molar-refractivity contribution is 4.97. The first-order valence-corrected chi connectivity index (χ1v) is 5.23. The molecule has 2 atom stereocenters. The maximum atomic E-state index is 9.21. The van der Waals surface area contributed by atoms with Crippen LogP contribution in [0.4, 0.5) is 0 Å². The van der Waals surface area contributed by atoms with Crippen molar-refractivity contribution in [2.75, 3.05) is 26.4 Å². The van der Waals surface area contributed by atoms with Gasteiger partial charge in [0.05, 0.1) is 6.61 Å². The van der Waals surface area contributed by atoms with Crippen molar-refractivity contribution < 1.29 is 19.7 Å². The lowest BCUT2D eigenvalue weighted by molar-refractivity contribution is -0.337. The second kappa shape index (κ2) is 5.07. The third-order valence-electron chi connectivity index (χ3n) is 2.89. The summed E-state index contributed by atoms with van der Waals surface area (Å²) >= 11 is 0. The molecule has 14 heavy (non-hydrogen) atoms. The third-order valence-corrected chi connectivity index (χ3v) is 2.89. The minimum absolute atomic E-state index is 0.00519. The third kappa shape index (κ3) is 1.93. The van der Waals surface area contributed by atoms with E-state index in [2.05, 4.69) is 0 Å². The molecule has 0 radical (unpaired) electrons. The molecule has 0 amide bonds. The average Bonchev–Trinajstić information content (AvgIpc) is 2.15. The van der Waals surface area contributed by atoms with E-state index in [-0.39, 0.29) is 25.0 Å². The Bertz CT molecular complexity index is 166. The summed E-state index contributed by atoms with van der Waals surface area (Å²) in [5.74, 6) is -0.628. The maximum absolute atomic E-state index is 9.21. The summed E-state index contributed by atoms with van der Waals surface area (Å²) in [5, 5.41) is 18.2. The van der Waals surface area contributed by atoms with Crippen molar-refractivity contribution in [3.8, 4) is 0 Å². The SMILES string of the molecule is CCOC1(OCC)C[C@H](CO)[C@H]1CO. The molecule has 1 saturated carbocycles. The van der Waals surface area contributed by atoms with Crippen LogP contribution in [-0.2, 0) is 9.47 Å². The van der Waals surface area contributed by atoms with Crippen molar-refractivity contribution in [1.29, 1.82) is 0 Å². The van der Waals surface area contributed by atoms with Gasteiger partial charge in [-0.3, -0.25) is 0 Å². The number of aliphatic hydroxyl groups excluding tert-OH is 2. The van der Waals surface area contributed by atoms with Gasteiger partial charge in [-0.25, -0.2) is 0 Å². The molecular formula is C10H20O4. The standard InChI is InChI=1S/C10H20O4/c1-3-13-10(14-4-2)5-8(6-11)9(10)7-12/h8-9,11-12H,3-7H2,1-2H3/t8-,9-/m1/s1. The van der Waals surface area contributed by atoms with E-state index < -0.39 is 5.79 Å².